The van der Waals surface area contributed by atoms with Gasteiger partial charge in [0.2, 0.25) is 10.0 Å². The molecule has 0 bridgehead atoms. The van der Waals surface area contributed by atoms with Crippen molar-refractivity contribution >= 4 is 21.4 Å². The van der Waals surface area contributed by atoms with Gasteiger partial charge in [-0.3, -0.25) is 0 Å². The van der Waals surface area contributed by atoms with Crippen LogP contribution in [0.5, 0.6) is 0 Å². The molecule has 4 nitrogen and oxygen atoms in total. The summed E-state index contributed by atoms with van der Waals surface area (Å²) in [6.45, 7) is 5.54. The van der Waals surface area contributed by atoms with Crippen LogP contribution in [0.1, 0.15) is 25.1 Å². The molecule has 104 valence electrons. The van der Waals surface area contributed by atoms with Gasteiger partial charge in [-0.2, -0.15) is 0 Å². The number of hydrogen-bond acceptors (Lipinski definition) is 4. The first-order chi connectivity index (χ1) is 8.53. The Balaban J connectivity index is 2.30. The lowest BCUT2D eigenvalue weighted by atomic mass is 10.2. The Morgan fingerprint density at radius 2 is 2.22 bits per heavy atom. The predicted molar refractivity (Wildman–Crippen MR) is 77.6 cm³/mol. The Bertz CT molecular complexity index is 415. The highest BCUT2D eigenvalue weighted by Crippen LogP contribution is 2.11. The first kappa shape index (κ1) is 15.6. The van der Waals surface area contributed by atoms with Gasteiger partial charge >= 0.3 is 0 Å². The van der Waals surface area contributed by atoms with Crippen LogP contribution in [0.2, 0.25) is 0 Å². The maximum Gasteiger partial charge on any atom is 0.211 e. The largest absolute Gasteiger partial charge is 0.317 e. The second-order valence-electron chi connectivity index (χ2n) is 4.33. The Hall–Kier alpha value is -0.430. The quantitative estimate of drug-likeness (QED) is 0.679. The molecule has 0 fully saturated rings. The van der Waals surface area contributed by atoms with Crippen molar-refractivity contribution in [2.75, 3.05) is 18.8 Å². The van der Waals surface area contributed by atoms with Crippen molar-refractivity contribution in [3.05, 3.63) is 22.4 Å². The van der Waals surface area contributed by atoms with Gasteiger partial charge in [-0.1, -0.05) is 13.0 Å². The van der Waals surface area contributed by atoms with Crippen molar-refractivity contribution in [3.8, 4) is 0 Å². The molecule has 18 heavy (non-hydrogen) atoms. The lowest BCUT2D eigenvalue weighted by molar-refractivity contribution is 0.556. The highest BCUT2D eigenvalue weighted by Gasteiger charge is 2.14. The fourth-order valence-corrected chi connectivity index (χ4v) is 3.88. The van der Waals surface area contributed by atoms with E-state index >= 15 is 0 Å². The zero-order valence-corrected chi connectivity index (χ0v) is 12.6. The van der Waals surface area contributed by atoms with Crippen molar-refractivity contribution < 1.29 is 8.42 Å². The molecule has 0 aliphatic heterocycles. The van der Waals surface area contributed by atoms with Crippen molar-refractivity contribution in [1.82, 2.24) is 10.0 Å². The Morgan fingerprint density at radius 3 is 2.83 bits per heavy atom. The van der Waals surface area contributed by atoms with Gasteiger partial charge in [-0.15, -0.1) is 11.3 Å². The highest BCUT2D eigenvalue weighted by molar-refractivity contribution is 7.89. The minimum atomic E-state index is -3.15. The predicted octanol–water partition coefficient (Wildman–Crippen LogP) is 1.60. The van der Waals surface area contributed by atoms with Gasteiger partial charge in [-0.05, 0) is 44.3 Å². The molecule has 0 radical (unpaired) electrons. The van der Waals surface area contributed by atoms with Crippen molar-refractivity contribution in [2.24, 2.45) is 0 Å². The van der Waals surface area contributed by atoms with Crippen LogP contribution in [0.4, 0.5) is 0 Å². The van der Waals surface area contributed by atoms with Gasteiger partial charge < -0.3 is 5.32 Å². The minimum absolute atomic E-state index is 0.0483. The zero-order valence-electron chi connectivity index (χ0n) is 11.0. The van der Waals surface area contributed by atoms with Gasteiger partial charge in [0.15, 0.2) is 0 Å². The van der Waals surface area contributed by atoms with Gasteiger partial charge in [-0.25, -0.2) is 13.1 Å². The Morgan fingerprint density at radius 1 is 1.44 bits per heavy atom. The molecule has 1 heterocycles. The second-order valence-corrected chi connectivity index (χ2v) is 7.23. The Kier molecular flexibility index (Phi) is 6.85. The minimum Gasteiger partial charge on any atom is -0.317 e. The van der Waals surface area contributed by atoms with Crippen LogP contribution >= 0.6 is 11.3 Å². The third kappa shape index (κ3) is 6.49. The monoisotopic (exact) mass is 290 g/mol. The van der Waals surface area contributed by atoms with E-state index in [9.17, 15) is 8.42 Å². The lowest BCUT2D eigenvalue weighted by Gasteiger charge is -2.13. The lowest BCUT2D eigenvalue weighted by Crippen LogP contribution is -2.36. The zero-order chi connectivity index (χ0) is 13.4. The molecule has 0 aliphatic carbocycles. The van der Waals surface area contributed by atoms with Crippen LogP contribution in [0, 0.1) is 0 Å². The molecule has 0 saturated heterocycles. The smallest absolute Gasteiger partial charge is 0.211 e. The molecule has 0 spiro atoms. The summed E-state index contributed by atoms with van der Waals surface area (Å²) < 4.78 is 26.3. The number of rotatable bonds is 9. The van der Waals surface area contributed by atoms with Crippen LogP contribution in [-0.4, -0.2) is 33.3 Å². The summed E-state index contributed by atoms with van der Waals surface area (Å²) in [4.78, 5) is 1.21. The molecule has 1 aromatic heterocycles. The van der Waals surface area contributed by atoms with E-state index in [2.05, 4.69) is 10.0 Å². The number of sulfonamides is 1. The SMILES string of the molecule is CCNCCCS(=O)(=O)NC(C)Cc1cccs1. The van der Waals surface area contributed by atoms with Gasteiger partial charge in [0.25, 0.3) is 0 Å². The standard InChI is InChI=1S/C12H22N2O2S2/c1-3-13-7-5-9-18(15,16)14-11(2)10-12-6-4-8-17-12/h4,6,8,11,13-14H,3,5,7,9-10H2,1-2H3. The maximum atomic E-state index is 11.8. The topological polar surface area (TPSA) is 58.2 Å². The molecule has 1 aromatic rings. The molecular formula is C12H22N2O2S2. The first-order valence-corrected chi connectivity index (χ1v) is 8.80. The third-order valence-electron chi connectivity index (χ3n) is 2.48. The molecule has 1 rings (SSSR count). The Labute approximate surface area is 114 Å². The van der Waals surface area contributed by atoms with E-state index < -0.39 is 10.0 Å². The first-order valence-electron chi connectivity index (χ1n) is 6.26. The summed E-state index contributed by atoms with van der Waals surface area (Å²) in [5.74, 6) is 0.189. The maximum absolute atomic E-state index is 11.8. The molecule has 1 atom stereocenters. The normalized spacial score (nSPS) is 13.7. The van der Waals surface area contributed by atoms with E-state index in [1.165, 1.54) is 4.88 Å². The average Bonchev–Trinajstić information content (AvgIpc) is 2.76. The number of nitrogens with one attached hydrogen (secondary N) is 2. The molecule has 0 amide bonds. The van der Waals surface area contributed by atoms with E-state index in [1.54, 1.807) is 11.3 Å². The van der Waals surface area contributed by atoms with E-state index in [0.717, 1.165) is 19.5 Å². The summed E-state index contributed by atoms with van der Waals surface area (Å²) in [7, 11) is -3.15. The average molecular weight is 290 g/mol. The van der Waals surface area contributed by atoms with Crippen LogP contribution in [0.25, 0.3) is 0 Å². The summed E-state index contributed by atoms with van der Waals surface area (Å²) in [6, 6.07) is 3.96. The molecule has 1 unspecified atom stereocenters. The van der Waals surface area contributed by atoms with Gasteiger partial charge in [0.1, 0.15) is 0 Å². The van der Waals surface area contributed by atoms with Crippen LogP contribution in [-0.2, 0) is 16.4 Å². The van der Waals surface area contributed by atoms with Crippen molar-refractivity contribution in [2.45, 2.75) is 32.7 Å². The third-order valence-corrected chi connectivity index (χ3v) is 4.97. The van der Waals surface area contributed by atoms with E-state index in [1.807, 2.05) is 31.4 Å². The fourth-order valence-electron chi connectivity index (χ4n) is 1.70. The van der Waals surface area contributed by atoms with Gasteiger partial charge in [0.05, 0.1) is 5.75 Å². The van der Waals surface area contributed by atoms with Crippen LogP contribution < -0.4 is 10.0 Å². The van der Waals surface area contributed by atoms with Crippen molar-refractivity contribution in [3.63, 3.8) is 0 Å². The second kappa shape index (κ2) is 7.89. The summed E-state index contributed by atoms with van der Waals surface area (Å²) in [5.41, 5.74) is 0. The summed E-state index contributed by atoms with van der Waals surface area (Å²) in [6.07, 6.45) is 1.40. The number of hydrogen-bond donors (Lipinski definition) is 2. The van der Waals surface area contributed by atoms with E-state index in [0.29, 0.717) is 6.42 Å². The summed E-state index contributed by atoms with van der Waals surface area (Å²) in [5, 5.41) is 5.13. The fraction of sp³-hybridized carbons (Fsp3) is 0.667. The molecule has 6 heteroatoms. The van der Waals surface area contributed by atoms with E-state index in [-0.39, 0.29) is 11.8 Å². The van der Waals surface area contributed by atoms with Crippen molar-refractivity contribution in [1.29, 1.82) is 0 Å². The molecule has 0 aliphatic rings. The van der Waals surface area contributed by atoms with Crippen LogP contribution in [0.15, 0.2) is 17.5 Å². The number of thiophene rings is 1. The molecule has 2 N–H and O–H groups in total. The molecular weight excluding hydrogens is 268 g/mol. The van der Waals surface area contributed by atoms with Crippen LogP contribution in [0.3, 0.4) is 0 Å². The molecule has 0 aromatic carbocycles. The summed E-state index contributed by atoms with van der Waals surface area (Å²) >= 11 is 1.66. The highest BCUT2D eigenvalue weighted by atomic mass is 32.2. The van der Waals surface area contributed by atoms with Gasteiger partial charge in [0, 0.05) is 10.9 Å². The van der Waals surface area contributed by atoms with E-state index in [4.69, 9.17) is 0 Å². The molecule has 0 saturated carbocycles.